The molecule has 0 radical (unpaired) electrons. The third-order valence-corrected chi connectivity index (χ3v) is 8.06. The van der Waals surface area contributed by atoms with Crippen LogP contribution in [0.4, 0.5) is 5.69 Å². The summed E-state index contributed by atoms with van der Waals surface area (Å²) in [5.41, 5.74) is 1.33. The number of hydrogen-bond acceptors (Lipinski definition) is 5. The van der Waals surface area contributed by atoms with Crippen LogP contribution in [0, 0.1) is 0 Å². The Balaban J connectivity index is 2.00. The van der Waals surface area contributed by atoms with Crippen molar-refractivity contribution < 1.29 is 22.7 Å². The maximum absolute atomic E-state index is 14.0. The first-order valence-electron chi connectivity index (χ1n) is 13.0. The summed E-state index contributed by atoms with van der Waals surface area (Å²) in [4.78, 5) is 28.7. The molecule has 0 saturated heterocycles. The molecule has 3 aromatic carbocycles. The van der Waals surface area contributed by atoms with Crippen molar-refractivity contribution in [2.75, 3.05) is 24.5 Å². The average Bonchev–Trinajstić information content (AvgIpc) is 2.94. The molecule has 1 N–H and O–H groups in total. The van der Waals surface area contributed by atoms with Gasteiger partial charge in [0.15, 0.2) is 0 Å². The molecule has 0 bridgehead atoms. The molecule has 0 aliphatic rings. The van der Waals surface area contributed by atoms with E-state index in [0.717, 1.165) is 9.87 Å². The molecule has 3 rings (SSSR count). The molecule has 0 heterocycles. The summed E-state index contributed by atoms with van der Waals surface area (Å²) in [7, 11) is -2.57. The number of hydrogen-bond donors (Lipinski definition) is 1. The predicted octanol–water partition coefficient (Wildman–Crippen LogP) is 4.27. The third kappa shape index (κ3) is 7.83. The molecule has 0 fully saturated rings. The number of benzene rings is 3. The van der Waals surface area contributed by atoms with E-state index in [-0.39, 0.29) is 23.4 Å². The number of nitrogens with zero attached hydrogens (tertiary/aromatic N) is 2. The van der Waals surface area contributed by atoms with Crippen LogP contribution < -0.4 is 14.4 Å². The van der Waals surface area contributed by atoms with Crippen molar-refractivity contribution in [3.8, 4) is 5.75 Å². The van der Waals surface area contributed by atoms with Crippen LogP contribution in [0.5, 0.6) is 5.75 Å². The van der Waals surface area contributed by atoms with Gasteiger partial charge in [-0.15, -0.1) is 0 Å². The normalized spacial score (nSPS) is 12.0. The largest absolute Gasteiger partial charge is 0.497 e. The van der Waals surface area contributed by atoms with Crippen LogP contribution in [0.1, 0.15) is 32.8 Å². The Bertz CT molecular complexity index is 1310. The number of methoxy groups -OCH3 is 1. The van der Waals surface area contributed by atoms with E-state index in [4.69, 9.17) is 4.74 Å². The molecule has 0 unspecified atom stereocenters. The topological polar surface area (TPSA) is 96.0 Å². The molecule has 39 heavy (non-hydrogen) atoms. The first-order valence-corrected chi connectivity index (χ1v) is 14.5. The Hall–Kier alpha value is -3.85. The van der Waals surface area contributed by atoms with Gasteiger partial charge in [-0.05, 0) is 68.7 Å². The van der Waals surface area contributed by atoms with E-state index in [2.05, 4.69) is 5.32 Å². The fraction of sp³-hybridized carbons (Fsp3) is 0.333. The Morgan fingerprint density at radius 2 is 1.49 bits per heavy atom. The van der Waals surface area contributed by atoms with E-state index in [1.54, 1.807) is 42.5 Å². The lowest BCUT2D eigenvalue weighted by Gasteiger charge is -2.33. The third-order valence-electron chi connectivity index (χ3n) is 6.27. The standard InChI is InChI=1S/C30H37N3O5S/c1-5-28(30(35)31-23(2)3)32(21-20-24-12-8-6-9-13-24)29(34)22-33(25-16-18-26(38-4)19-17-25)39(36,37)27-14-10-7-11-15-27/h6-19,23,28H,5,20-22H2,1-4H3,(H,31,35)/t28-/m0/s1. The zero-order chi connectivity index (χ0) is 28.4. The first kappa shape index (κ1) is 29.7. The Morgan fingerprint density at radius 1 is 0.897 bits per heavy atom. The summed E-state index contributed by atoms with van der Waals surface area (Å²) >= 11 is 0. The zero-order valence-electron chi connectivity index (χ0n) is 22.9. The summed E-state index contributed by atoms with van der Waals surface area (Å²) in [6, 6.07) is 23.3. The highest BCUT2D eigenvalue weighted by molar-refractivity contribution is 7.92. The molecule has 8 nitrogen and oxygen atoms in total. The van der Waals surface area contributed by atoms with Crippen LogP contribution in [0.15, 0.2) is 89.8 Å². The van der Waals surface area contributed by atoms with Crippen molar-refractivity contribution in [3.63, 3.8) is 0 Å². The number of amides is 2. The van der Waals surface area contributed by atoms with Gasteiger partial charge in [-0.25, -0.2) is 8.42 Å². The van der Waals surface area contributed by atoms with Gasteiger partial charge in [-0.1, -0.05) is 55.5 Å². The van der Waals surface area contributed by atoms with E-state index >= 15 is 0 Å². The molecular weight excluding hydrogens is 514 g/mol. The van der Waals surface area contributed by atoms with Gasteiger partial charge in [0.25, 0.3) is 10.0 Å². The van der Waals surface area contributed by atoms with Crippen LogP contribution in [-0.4, -0.2) is 57.4 Å². The number of rotatable bonds is 13. The molecule has 0 aliphatic carbocycles. The SMILES string of the molecule is CC[C@@H](C(=O)NC(C)C)N(CCc1ccccc1)C(=O)CN(c1ccc(OC)cc1)S(=O)(=O)c1ccccc1. The molecule has 3 aromatic rings. The van der Waals surface area contributed by atoms with Gasteiger partial charge in [0.2, 0.25) is 11.8 Å². The number of carbonyl (C=O) groups is 2. The van der Waals surface area contributed by atoms with Gasteiger partial charge >= 0.3 is 0 Å². The number of sulfonamides is 1. The Morgan fingerprint density at radius 3 is 2.03 bits per heavy atom. The molecule has 0 saturated carbocycles. The lowest BCUT2D eigenvalue weighted by molar-refractivity contribution is -0.139. The van der Waals surface area contributed by atoms with E-state index in [0.29, 0.717) is 24.3 Å². The van der Waals surface area contributed by atoms with E-state index in [1.807, 2.05) is 51.1 Å². The fourth-order valence-electron chi connectivity index (χ4n) is 4.27. The van der Waals surface area contributed by atoms with Crippen LogP contribution >= 0.6 is 0 Å². The number of carbonyl (C=O) groups excluding carboxylic acids is 2. The van der Waals surface area contributed by atoms with Gasteiger partial charge < -0.3 is 15.0 Å². The quantitative estimate of drug-likeness (QED) is 0.342. The smallest absolute Gasteiger partial charge is 0.264 e. The average molecular weight is 552 g/mol. The monoisotopic (exact) mass is 551 g/mol. The minimum atomic E-state index is -4.10. The predicted molar refractivity (Wildman–Crippen MR) is 153 cm³/mol. The summed E-state index contributed by atoms with van der Waals surface area (Å²) in [6.45, 7) is 5.35. The van der Waals surface area contributed by atoms with E-state index in [9.17, 15) is 18.0 Å². The second kappa shape index (κ2) is 13.8. The molecule has 1 atom stereocenters. The van der Waals surface area contributed by atoms with Crippen molar-refractivity contribution in [2.45, 2.75) is 50.6 Å². The van der Waals surface area contributed by atoms with Crippen molar-refractivity contribution >= 4 is 27.5 Å². The van der Waals surface area contributed by atoms with Crippen LogP contribution in [0.2, 0.25) is 0 Å². The van der Waals surface area contributed by atoms with Gasteiger partial charge in [-0.3, -0.25) is 13.9 Å². The second-order valence-corrected chi connectivity index (χ2v) is 11.3. The van der Waals surface area contributed by atoms with Crippen LogP contribution in [0.3, 0.4) is 0 Å². The second-order valence-electron chi connectivity index (χ2n) is 9.43. The van der Waals surface area contributed by atoms with Crippen molar-refractivity contribution in [3.05, 3.63) is 90.5 Å². The Labute approximate surface area is 231 Å². The maximum atomic E-state index is 14.0. The fourth-order valence-corrected chi connectivity index (χ4v) is 5.71. The summed E-state index contributed by atoms with van der Waals surface area (Å²) < 4.78 is 33.9. The molecule has 2 amide bonds. The molecule has 0 aliphatic heterocycles. The van der Waals surface area contributed by atoms with Gasteiger partial charge in [0.05, 0.1) is 17.7 Å². The van der Waals surface area contributed by atoms with E-state index < -0.39 is 28.5 Å². The van der Waals surface area contributed by atoms with E-state index in [1.165, 1.54) is 24.1 Å². The first-order chi connectivity index (χ1) is 18.7. The maximum Gasteiger partial charge on any atom is 0.264 e. The van der Waals surface area contributed by atoms with Gasteiger partial charge in [0, 0.05) is 12.6 Å². The highest BCUT2D eigenvalue weighted by atomic mass is 32.2. The minimum Gasteiger partial charge on any atom is -0.497 e. The lowest BCUT2D eigenvalue weighted by atomic mass is 10.1. The molecule has 9 heteroatoms. The van der Waals surface area contributed by atoms with Gasteiger partial charge in [0.1, 0.15) is 18.3 Å². The summed E-state index contributed by atoms with van der Waals surface area (Å²) in [5, 5.41) is 2.90. The number of ether oxygens (including phenoxy) is 1. The van der Waals surface area contributed by atoms with Crippen molar-refractivity contribution in [1.29, 1.82) is 0 Å². The van der Waals surface area contributed by atoms with Crippen LogP contribution in [-0.2, 0) is 26.0 Å². The summed E-state index contributed by atoms with van der Waals surface area (Å²) in [5.74, 6) is -0.175. The zero-order valence-corrected chi connectivity index (χ0v) is 23.7. The molecule has 0 spiro atoms. The number of nitrogens with one attached hydrogen (secondary N) is 1. The highest BCUT2D eigenvalue weighted by Gasteiger charge is 2.33. The van der Waals surface area contributed by atoms with Crippen molar-refractivity contribution in [1.82, 2.24) is 10.2 Å². The summed E-state index contributed by atoms with van der Waals surface area (Å²) in [6.07, 6.45) is 0.902. The lowest BCUT2D eigenvalue weighted by Crippen LogP contribution is -2.54. The van der Waals surface area contributed by atoms with Crippen LogP contribution in [0.25, 0.3) is 0 Å². The Kier molecular flexibility index (Phi) is 10.5. The minimum absolute atomic E-state index is 0.0639. The van der Waals surface area contributed by atoms with Crippen molar-refractivity contribution in [2.24, 2.45) is 0 Å². The molecule has 208 valence electrons. The highest BCUT2D eigenvalue weighted by Crippen LogP contribution is 2.26. The van der Waals surface area contributed by atoms with Gasteiger partial charge in [-0.2, -0.15) is 0 Å². The number of anilines is 1. The molecule has 0 aromatic heterocycles. The molecular formula is C30H37N3O5S.